The lowest BCUT2D eigenvalue weighted by molar-refractivity contribution is -0.130. The zero-order valence-corrected chi connectivity index (χ0v) is 11.8. The van der Waals surface area contributed by atoms with Gasteiger partial charge in [0.25, 0.3) is 0 Å². The number of hydrogen-bond acceptors (Lipinski definition) is 4. The van der Waals surface area contributed by atoms with Gasteiger partial charge in [-0.05, 0) is 19.3 Å². The van der Waals surface area contributed by atoms with Gasteiger partial charge in [-0.1, -0.05) is 6.42 Å². The van der Waals surface area contributed by atoms with E-state index in [1.165, 1.54) is 19.3 Å². The van der Waals surface area contributed by atoms with Gasteiger partial charge in [0.1, 0.15) is 0 Å². The molecule has 108 valence electrons. The van der Waals surface area contributed by atoms with Gasteiger partial charge < -0.3 is 10.0 Å². The Kier molecular flexibility index (Phi) is 7.46. The minimum Gasteiger partial charge on any atom is -0.396 e. The van der Waals surface area contributed by atoms with E-state index in [-0.39, 0.29) is 12.5 Å². The van der Waals surface area contributed by atoms with Gasteiger partial charge in [0.2, 0.25) is 5.91 Å². The molecule has 1 N–H and O–H groups in total. The summed E-state index contributed by atoms with van der Waals surface area (Å²) in [5.41, 5.74) is 0. The van der Waals surface area contributed by atoms with E-state index in [1.807, 2.05) is 0 Å². The molecule has 5 nitrogen and oxygen atoms in total. The molecule has 1 aliphatic rings. The number of nitrogens with zero attached hydrogens (tertiary/aromatic N) is 3. The number of carbonyl (C=O) groups excluding carboxylic acids is 1. The maximum absolute atomic E-state index is 11.9. The normalized spacial score (nSPS) is 15.1. The first-order valence-electron chi connectivity index (χ1n) is 7.15. The molecule has 1 fully saturated rings. The van der Waals surface area contributed by atoms with Crippen LogP contribution < -0.4 is 0 Å². The van der Waals surface area contributed by atoms with Gasteiger partial charge in [-0.15, -0.1) is 0 Å². The SMILES string of the molecule is CN(CCC#N)C(=O)CCN(CCCO)C1CCC1. The monoisotopic (exact) mass is 267 g/mol. The lowest BCUT2D eigenvalue weighted by atomic mass is 9.91. The summed E-state index contributed by atoms with van der Waals surface area (Å²) < 4.78 is 0. The Morgan fingerprint density at radius 1 is 1.37 bits per heavy atom. The van der Waals surface area contributed by atoms with Crippen LogP contribution in [0.5, 0.6) is 0 Å². The van der Waals surface area contributed by atoms with Crippen LogP contribution in [0.15, 0.2) is 0 Å². The molecule has 5 heteroatoms. The zero-order chi connectivity index (χ0) is 14.1. The van der Waals surface area contributed by atoms with Crippen LogP contribution in [0.25, 0.3) is 0 Å². The van der Waals surface area contributed by atoms with Crippen LogP contribution in [0, 0.1) is 11.3 Å². The molecule has 0 aromatic heterocycles. The van der Waals surface area contributed by atoms with Crippen molar-refractivity contribution in [3.05, 3.63) is 0 Å². The van der Waals surface area contributed by atoms with Crippen molar-refractivity contribution in [2.24, 2.45) is 0 Å². The summed E-state index contributed by atoms with van der Waals surface area (Å²) in [7, 11) is 1.75. The summed E-state index contributed by atoms with van der Waals surface area (Å²) in [6.45, 7) is 2.35. The molecular weight excluding hydrogens is 242 g/mol. The summed E-state index contributed by atoms with van der Waals surface area (Å²) in [4.78, 5) is 15.9. The molecule has 1 amide bonds. The van der Waals surface area contributed by atoms with Crippen LogP contribution in [-0.4, -0.2) is 60.1 Å². The molecular formula is C14H25N3O2. The fourth-order valence-electron chi connectivity index (χ4n) is 2.28. The fraction of sp³-hybridized carbons (Fsp3) is 0.857. The number of amides is 1. The molecule has 0 aliphatic heterocycles. The van der Waals surface area contributed by atoms with Crippen molar-refractivity contribution in [2.45, 2.75) is 44.6 Å². The fourth-order valence-corrected chi connectivity index (χ4v) is 2.28. The second kappa shape index (κ2) is 8.89. The summed E-state index contributed by atoms with van der Waals surface area (Å²) in [6, 6.07) is 2.65. The van der Waals surface area contributed by atoms with E-state index in [0.717, 1.165) is 19.5 Å². The molecule has 0 unspecified atom stereocenters. The van der Waals surface area contributed by atoms with Crippen LogP contribution >= 0.6 is 0 Å². The van der Waals surface area contributed by atoms with Crippen molar-refractivity contribution < 1.29 is 9.90 Å². The molecule has 0 spiro atoms. The highest BCUT2D eigenvalue weighted by atomic mass is 16.3. The van der Waals surface area contributed by atoms with Crippen molar-refractivity contribution in [1.29, 1.82) is 5.26 Å². The first-order valence-corrected chi connectivity index (χ1v) is 7.15. The highest BCUT2D eigenvalue weighted by molar-refractivity contribution is 5.76. The van der Waals surface area contributed by atoms with Crippen LogP contribution in [0.2, 0.25) is 0 Å². The third-order valence-electron chi connectivity index (χ3n) is 3.79. The van der Waals surface area contributed by atoms with Crippen molar-refractivity contribution >= 4 is 5.91 Å². The Balaban J connectivity index is 2.29. The molecule has 19 heavy (non-hydrogen) atoms. The molecule has 0 radical (unpaired) electrons. The average molecular weight is 267 g/mol. The minimum absolute atomic E-state index is 0.101. The summed E-state index contributed by atoms with van der Waals surface area (Å²) >= 11 is 0. The lowest BCUT2D eigenvalue weighted by Crippen LogP contribution is -2.43. The van der Waals surface area contributed by atoms with E-state index in [0.29, 0.717) is 25.4 Å². The van der Waals surface area contributed by atoms with Crippen LogP contribution in [0.1, 0.15) is 38.5 Å². The Hall–Kier alpha value is -1.12. The smallest absolute Gasteiger partial charge is 0.223 e. The molecule has 1 aliphatic carbocycles. The van der Waals surface area contributed by atoms with Crippen molar-refractivity contribution in [1.82, 2.24) is 9.80 Å². The quantitative estimate of drug-likeness (QED) is 0.676. The molecule has 0 aromatic rings. The molecule has 0 heterocycles. The molecule has 0 bridgehead atoms. The van der Waals surface area contributed by atoms with E-state index in [9.17, 15) is 4.79 Å². The van der Waals surface area contributed by atoms with Crippen molar-refractivity contribution in [3.63, 3.8) is 0 Å². The number of aliphatic hydroxyl groups is 1. The molecule has 1 rings (SSSR count). The number of carbonyl (C=O) groups is 1. The van der Waals surface area contributed by atoms with Gasteiger partial charge in [0, 0.05) is 45.8 Å². The van der Waals surface area contributed by atoms with Crippen LogP contribution in [0.4, 0.5) is 0 Å². The Morgan fingerprint density at radius 3 is 2.63 bits per heavy atom. The van der Waals surface area contributed by atoms with Gasteiger partial charge in [0.05, 0.1) is 12.5 Å². The Bertz CT molecular complexity index is 310. The standard InChI is InChI=1S/C14H25N3O2/c1-16(9-3-8-15)14(19)7-11-17(10-4-12-18)13-5-2-6-13/h13,18H,2-7,9-12H2,1H3. The highest BCUT2D eigenvalue weighted by Gasteiger charge is 2.25. The topological polar surface area (TPSA) is 67.6 Å². The molecule has 0 aromatic carbocycles. The molecule has 1 saturated carbocycles. The maximum atomic E-state index is 11.9. The van der Waals surface area contributed by atoms with Crippen molar-refractivity contribution in [2.75, 3.05) is 33.3 Å². The van der Waals surface area contributed by atoms with Gasteiger partial charge in [-0.25, -0.2) is 0 Å². The number of rotatable bonds is 9. The van der Waals surface area contributed by atoms with E-state index in [2.05, 4.69) is 11.0 Å². The maximum Gasteiger partial charge on any atom is 0.223 e. The number of hydrogen-bond donors (Lipinski definition) is 1. The van der Waals surface area contributed by atoms with Gasteiger partial charge in [0.15, 0.2) is 0 Å². The van der Waals surface area contributed by atoms with Crippen LogP contribution in [0.3, 0.4) is 0 Å². The predicted molar refractivity (Wildman–Crippen MR) is 73.4 cm³/mol. The molecule has 0 saturated heterocycles. The van der Waals surface area contributed by atoms with E-state index >= 15 is 0 Å². The Morgan fingerprint density at radius 2 is 2.11 bits per heavy atom. The zero-order valence-electron chi connectivity index (χ0n) is 11.8. The minimum atomic E-state index is 0.101. The second-order valence-corrected chi connectivity index (χ2v) is 5.17. The summed E-state index contributed by atoms with van der Waals surface area (Å²) in [5.74, 6) is 0.101. The van der Waals surface area contributed by atoms with Gasteiger partial charge in [-0.3, -0.25) is 9.69 Å². The lowest BCUT2D eigenvalue weighted by Gasteiger charge is -2.37. The third-order valence-corrected chi connectivity index (χ3v) is 3.79. The molecule has 0 atom stereocenters. The third kappa shape index (κ3) is 5.58. The largest absolute Gasteiger partial charge is 0.396 e. The van der Waals surface area contributed by atoms with Gasteiger partial charge >= 0.3 is 0 Å². The average Bonchev–Trinajstić information content (AvgIpc) is 2.36. The number of aliphatic hydroxyl groups excluding tert-OH is 1. The van der Waals surface area contributed by atoms with E-state index in [4.69, 9.17) is 10.4 Å². The van der Waals surface area contributed by atoms with E-state index < -0.39 is 0 Å². The van der Waals surface area contributed by atoms with Crippen LogP contribution in [-0.2, 0) is 4.79 Å². The van der Waals surface area contributed by atoms with Crippen molar-refractivity contribution in [3.8, 4) is 6.07 Å². The van der Waals surface area contributed by atoms with Gasteiger partial charge in [-0.2, -0.15) is 5.26 Å². The Labute approximate surface area is 115 Å². The first kappa shape index (κ1) is 15.9. The second-order valence-electron chi connectivity index (χ2n) is 5.17. The van der Waals surface area contributed by atoms with E-state index in [1.54, 1.807) is 11.9 Å². The predicted octanol–water partition coefficient (Wildman–Crippen LogP) is 0.985. The summed E-state index contributed by atoms with van der Waals surface area (Å²) in [6.07, 6.45) is 5.36. The number of nitriles is 1. The highest BCUT2D eigenvalue weighted by Crippen LogP contribution is 2.25. The first-order chi connectivity index (χ1) is 9.19. The summed E-state index contributed by atoms with van der Waals surface area (Å²) in [5, 5.41) is 17.4.